The molecule has 1 aliphatic rings. The molecule has 168 valence electrons. The van der Waals surface area contributed by atoms with Gasteiger partial charge in [-0.1, -0.05) is 46.9 Å². The van der Waals surface area contributed by atoms with Crippen LogP contribution in [0.5, 0.6) is 0 Å². The summed E-state index contributed by atoms with van der Waals surface area (Å²) in [6.45, 7) is 0. The second kappa shape index (κ2) is 10.2. The number of para-hydroxylation sites is 1. The zero-order chi connectivity index (χ0) is 23.5. The van der Waals surface area contributed by atoms with Gasteiger partial charge in [0.1, 0.15) is 22.8 Å². The standard InChI is InChI=1S/C19H16Cl3N5O3S2/c20-19(21,22)17(24-15(28)11-6-1-3-7-13(11)27(29)30)26-18(31)25-16-12(9-23)10-5-2-4-8-14(10)32-16/h1,3,6-7,17H,2,4-5,8H2,(H,24,28)(H2,25,26,31)/t17-/m1/s1. The Labute approximate surface area is 208 Å². The Morgan fingerprint density at radius 3 is 2.59 bits per heavy atom. The van der Waals surface area contributed by atoms with Crippen molar-refractivity contribution in [1.82, 2.24) is 10.6 Å². The summed E-state index contributed by atoms with van der Waals surface area (Å²) < 4.78 is -2.04. The van der Waals surface area contributed by atoms with E-state index in [1.807, 2.05) is 0 Å². The number of carbonyl (C=O) groups excluding carboxylic acids is 1. The molecule has 0 spiro atoms. The van der Waals surface area contributed by atoms with Gasteiger partial charge in [0.25, 0.3) is 11.6 Å². The van der Waals surface area contributed by atoms with Crippen LogP contribution in [0.25, 0.3) is 0 Å². The van der Waals surface area contributed by atoms with Crippen LogP contribution in [0.4, 0.5) is 10.7 Å². The van der Waals surface area contributed by atoms with Gasteiger partial charge in [-0.15, -0.1) is 11.3 Å². The van der Waals surface area contributed by atoms with Crippen LogP contribution in [-0.2, 0) is 12.8 Å². The first kappa shape index (κ1) is 24.5. The maximum Gasteiger partial charge on any atom is 0.282 e. The Hall–Kier alpha value is -2.16. The Balaban J connectivity index is 1.77. The number of carbonyl (C=O) groups is 1. The third kappa shape index (κ3) is 5.60. The van der Waals surface area contributed by atoms with Crippen LogP contribution < -0.4 is 16.0 Å². The van der Waals surface area contributed by atoms with Crippen LogP contribution in [0, 0.1) is 21.4 Å². The monoisotopic (exact) mass is 531 g/mol. The average molecular weight is 533 g/mol. The van der Waals surface area contributed by atoms with Gasteiger partial charge in [0, 0.05) is 10.9 Å². The van der Waals surface area contributed by atoms with E-state index in [0.717, 1.165) is 36.1 Å². The van der Waals surface area contributed by atoms with E-state index in [1.165, 1.54) is 35.6 Å². The minimum atomic E-state index is -2.04. The fraction of sp³-hybridized carbons (Fsp3) is 0.316. The zero-order valence-electron chi connectivity index (χ0n) is 16.3. The van der Waals surface area contributed by atoms with Crippen LogP contribution in [0.3, 0.4) is 0 Å². The Morgan fingerprint density at radius 1 is 1.25 bits per heavy atom. The topological polar surface area (TPSA) is 120 Å². The van der Waals surface area contributed by atoms with Crippen LogP contribution >= 0.6 is 58.4 Å². The number of thiocarbonyl (C=S) groups is 1. The highest BCUT2D eigenvalue weighted by molar-refractivity contribution is 7.80. The lowest BCUT2D eigenvalue weighted by Crippen LogP contribution is -2.56. The van der Waals surface area contributed by atoms with Gasteiger partial charge in [-0.25, -0.2) is 0 Å². The number of rotatable bonds is 5. The number of benzene rings is 1. The maximum atomic E-state index is 12.7. The minimum absolute atomic E-state index is 0.0132. The summed E-state index contributed by atoms with van der Waals surface area (Å²) in [5, 5.41) is 29.5. The number of nitrogens with zero attached hydrogens (tertiary/aromatic N) is 2. The van der Waals surface area contributed by atoms with Crippen molar-refractivity contribution in [2.45, 2.75) is 35.6 Å². The molecule has 0 aliphatic heterocycles. The first-order chi connectivity index (χ1) is 15.1. The number of alkyl halides is 3. The van der Waals surface area contributed by atoms with Crippen molar-refractivity contribution in [2.24, 2.45) is 0 Å². The van der Waals surface area contributed by atoms with Crippen molar-refractivity contribution in [3.8, 4) is 6.07 Å². The summed E-state index contributed by atoms with van der Waals surface area (Å²) in [6, 6.07) is 7.61. The zero-order valence-corrected chi connectivity index (χ0v) is 20.2. The SMILES string of the molecule is N#Cc1c(NC(=S)N[C@@H](NC(=O)c2ccccc2[N+](=O)[O-])C(Cl)(Cl)Cl)sc2c1CCCC2. The van der Waals surface area contributed by atoms with E-state index in [9.17, 15) is 20.2 Å². The van der Waals surface area contributed by atoms with Crippen molar-refractivity contribution in [1.29, 1.82) is 5.26 Å². The van der Waals surface area contributed by atoms with Crippen LogP contribution in [0.15, 0.2) is 24.3 Å². The van der Waals surface area contributed by atoms with E-state index >= 15 is 0 Å². The van der Waals surface area contributed by atoms with Crippen LogP contribution in [0.1, 0.15) is 39.2 Å². The molecule has 1 amide bonds. The molecule has 0 saturated heterocycles. The number of amides is 1. The maximum absolute atomic E-state index is 12.7. The fourth-order valence-corrected chi connectivity index (χ4v) is 5.13. The van der Waals surface area contributed by atoms with Gasteiger partial charge in [0.15, 0.2) is 5.11 Å². The van der Waals surface area contributed by atoms with Crippen LogP contribution in [0.2, 0.25) is 0 Å². The smallest absolute Gasteiger partial charge is 0.282 e. The molecule has 1 atom stereocenters. The molecule has 3 N–H and O–H groups in total. The molecule has 1 aromatic carbocycles. The number of aryl methyl sites for hydroxylation is 1. The molecule has 0 radical (unpaired) electrons. The van der Waals surface area contributed by atoms with Gasteiger partial charge < -0.3 is 16.0 Å². The van der Waals surface area contributed by atoms with Crippen molar-refractivity contribution in [3.63, 3.8) is 0 Å². The number of anilines is 1. The molecule has 0 saturated carbocycles. The van der Waals surface area contributed by atoms with Crippen molar-refractivity contribution >= 4 is 80.1 Å². The normalized spacial score (nSPS) is 13.9. The highest BCUT2D eigenvalue weighted by Gasteiger charge is 2.36. The molecule has 0 unspecified atom stereocenters. The summed E-state index contributed by atoms with van der Waals surface area (Å²) in [6.07, 6.45) is 2.50. The highest BCUT2D eigenvalue weighted by atomic mass is 35.6. The lowest BCUT2D eigenvalue weighted by molar-refractivity contribution is -0.385. The number of nitro groups is 1. The first-order valence-corrected chi connectivity index (χ1v) is 11.7. The number of nitrogens with one attached hydrogen (secondary N) is 3. The molecule has 1 heterocycles. The van der Waals surface area contributed by atoms with Crippen LogP contribution in [-0.4, -0.2) is 25.9 Å². The van der Waals surface area contributed by atoms with E-state index in [-0.39, 0.29) is 10.7 Å². The molecule has 3 rings (SSSR count). The highest BCUT2D eigenvalue weighted by Crippen LogP contribution is 2.37. The largest absolute Gasteiger partial charge is 0.339 e. The van der Waals surface area contributed by atoms with Gasteiger partial charge in [0.05, 0.1) is 10.5 Å². The number of halogens is 3. The van der Waals surface area contributed by atoms with E-state index in [1.54, 1.807) is 0 Å². The summed E-state index contributed by atoms with van der Waals surface area (Å²) in [4.78, 5) is 24.3. The lowest BCUT2D eigenvalue weighted by atomic mass is 9.96. The average Bonchev–Trinajstić information content (AvgIpc) is 3.09. The van der Waals surface area contributed by atoms with Crippen molar-refractivity contribution in [2.75, 3.05) is 5.32 Å². The van der Waals surface area contributed by atoms with Gasteiger partial charge in [-0.05, 0) is 49.5 Å². The predicted octanol–water partition coefficient (Wildman–Crippen LogP) is 4.82. The lowest BCUT2D eigenvalue weighted by Gasteiger charge is -2.27. The Kier molecular flexibility index (Phi) is 7.79. The number of fused-ring (bicyclic) bond motifs is 1. The number of hydrogen-bond acceptors (Lipinski definition) is 6. The number of thiophene rings is 1. The molecule has 2 aromatic rings. The summed E-state index contributed by atoms with van der Waals surface area (Å²) in [5.74, 6) is -0.826. The first-order valence-electron chi connectivity index (χ1n) is 9.35. The summed E-state index contributed by atoms with van der Waals surface area (Å²) in [5.41, 5.74) is 0.964. The number of hydrogen-bond donors (Lipinski definition) is 3. The second-order valence-corrected chi connectivity index (χ2v) is 10.7. The predicted molar refractivity (Wildman–Crippen MR) is 130 cm³/mol. The molecule has 0 fully saturated rings. The molecule has 32 heavy (non-hydrogen) atoms. The second-order valence-electron chi connectivity index (χ2n) is 6.85. The Morgan fingerprint density at radius 2 is 1.94 bits per heavy atom. The van der Waals surface area contributed by atoms with Gasteiger partial charge in [-0.2, -0.15) is 5.26 Å². The molecule has 8 nitrogen and oxygen atoms in total. The van der Waals surface area contributed by atoms with Crippen molar-refractivity contribution in [3.05, 3.63) is 55.9 Å². The number of nitro benzene ring substituents is 1. The molecule has 1 aromatic heterocycles. The third-order valence-electron chi connectivity index (χ3n) is 4.73. The molecular formula is C19H16Cl3N5O3S2. The molecule has 0 bridgehead atoms. The summed E-state index contributed by atoms with van der Waals surface area (Å²) in [7, 11) is 0. The summed E-state index contributed by atoms with van der Waals surface area (Å²) >= 11 is 24.8. The molecule has 1 aliphatic carbocycles. The Bertz CT molecular complexity index is 1110. The number of nitriles is 1. The minimum Gasteiger partial charge on any atom is -0.339 e. The van der Waals surface area contributed by atoms with Crippen molar-refractivity contribution < 1.29 is 9.72 Å². The van der Waals surface area contributed by atoms with Gasteiger partial charge in [-0.3, -0.25) is 14.9 Å². The van der Waals surface area contributed by atoms with Gasteiger partial charge >= 0.3 is 0 Å². The third-order valence-corrected chi connectivity index (χ3v) is 6.82. The van der Waals surface area contributed by atoms with E-state index in [4.69, 9.17) is 47.0 Å². The molecular weight excluding hydrogens is 517 g/mol. The quantitative estimate of drug-likeness (QED) is 0.166. The van der Waals surface area contributed by atoms with E-state index in [2.05, 4.69) is 22.0 Å². The van der Waals surface area contributed by atoms with E-state index < -0.39 is 26.5 Å². The van der Waals surface area contributed by atoms with E-state index in [0.29, 0.717) is 10.6 Å². The van der Waals surface area contributed by atoms with Gasteiger partial charge in [0.2, 0.25) is 3.79 Å². The molecule has 13 heteroatoms. The fourth-order valence-electron chi connectivity index (χ4n) is 3.28.